The van der Waals surface area contributed by atoms with Gasteiger partial charge in [-0.25, -0.2) is 18.7 Å². The number of alkyl halides is 2. The Morgan fingerprint density at radius 2 is 1.92 bits per heavy atom. The van der Waals surface area contributed by atoms with Crippen molar-refractivity contribution >= 4 is 17.5 Å². The van der Waals surface area contributed by atoms with Crippen molar-refractivity contribution in [1.82, 2.24) is 9.97 Å². The van der Waals surface area contributed by atoms with E-state index in [9.17, 15) is 8.78 Å². The predicted molar refractivity (Wildman–Crippen MR) is 96.3 cm³/mol. The summed E-state index contributed by atoms with van der Waals surface area (Å²) in [6.45, 7) is 3.55. The van der Waals surface area contributed by atoms with Gasteiger partial charge in [0.1, 0.15) is 17.5 Å². The van der Waals surface area contributed by atoms with Crippen LogP contribution in [-0.4, -0.2) is 36.3 Å². The lowest BCUT2D eigenvalue weighted by atomic mass is 9.92. The molecule has 7 heteroatoms. The molecule has 0 radical (unpaired) electrons. The maximum Gasteiger partial charge on any atom is 0.264 e. The van der Waals surface area contributed by atoms with Crippen LogP contribution in [0.15, 0.2) is 30.5 Å². The number of aromatic nitrogens is 2. The highest BCUT2D eigenvalue weighted by molar-refractivity contribution is 5.58. The quantitative estimate of drug-likeness (QED) is 0.863. The van der Waals surface area contributed by atoms with Crippen LogP contribution in [0.2, 0.25) is 0 Å². The zero-order valence-electron chi connectivity index (χ0n) is 14.5. The van der Waals surface area contributed by atoms with E-state index < -0.39 is 6.43 Å². The number of hydrogen-bond donors (Lipinski definition) is 1. The Morgan fingerprint density at radius 3 is 2.62 bits per heavy atom. The summed E-state index contributed by atoms with van der Waals surface area (Å²) in [5, 5.41) is 3.11. The molecule has 4 heterocycles. The zero-order valence-corrected chi connectivity index (χ0v) is 14.5. The predicted octanol–water partition coefficient (Wildman–Crippen LogP) is 4.26. The van der Waals surface area contributed by atoms with Crippen LogP contribution >= 0.6 is 0 Å². The van der Waals surface area contributed by atoms with Gasteiger partial charge in [-0.05, 0) is 55.0 Å². The number of ether oxygens (including phenoxy) is 1. The molecule has 4 rings (SSSR count). The van der Waals surface area contributed by atoms with E-state index in [1.54, 1.807) is 0 Å². The van der Waals surface area contributed by atoms with Crippen LogP contribution in [0.3, 0.4) is 0 Å². The van der Waals surface area contributed by atoms with Gasteiger partial charge in [-0.1, -0.05) is 0 Å². The Bertz CT molecular complexity index is 761. The highest BCUT2D eigenvalue weighted by Crippen LogP contribution is 2.32. The van der Waals surface area contributed by atoms with E-state index in [-0.39, 0.29) is 5.56 Å². The standard InChI is InChI=1S/C19H22F2N4O/c20-19(21)14-2-5-22-16(10-14)23-17-11-15(13-3-8-26-9-4-13)12-18(24-17)25-6-1-7-25/h2,5,10-13,19H,1,3-4,6-9H2,(H,22,23,24). The third-order valence-corrected chi connectivity index (χ3v) is 5.00. The molecular weight excluding hydrogens is 338 g/mol. The van der Waals surface area contributed by atoms with Gasteiger partial charge in [0, 0.05) is 38.1 Å². The lowest BCUT2D eigenvalue weighted by Gasteiger charge is -2.33. The van der Waals surface area contributed by atoms with Crippen molar-refractivity contribution in [3.63, 3.8) is 0 Å². The lowest BCUT2D eigenvalue weighted by Crippen LogP contribution is -2.37. The topological polar surface area (TPSA) is 50.3 Å². The largest absolute Gasteiger partial charge is 0.381 e. The second kappa shape index (κ2) is 7.53. The molecule has 5 nitrogen and oxygen atoms in total. The minimum atomic E-state index is -2.52. The first-order chi connectivity index (χ1) is 12.7. The highest BCUT2D eigenvalue weighted by atomic mass is 19.3. The molecular formula is C19H22F2N4O. The normalized spacial score (nSPS) is 18.0. The van der Waals surface area contributed by atoms with Crippen LogP contribution in [0.25, 0.3) is 0 Å². The van der Waals surface area contributed by atoms with Crippen LogP contribution in [-0.2, 0) is 4.74 Å². The summed E-state index contributed by atoms with van der Waals surface area (Å²) in [4.78, 5) is 11.1. The number of nitrogens with zero attached hydrogens (tertiary/aromatic N) is 3. The van der Waals surface area contributed by atoms with Crippen LogP contribution in [0.1, 0.15) is 42.7 Å². The Kier molecular flexibility index (Phi) is 4.97. The van der Waals surface area contributed by atoms with E-state index in [0.29, 0.717) is 17.6 Å². The van der Waals surface area contributed by atoms with E-state index in [4.69, 9.17) is 4.74 Å². The molecule has 2 aliphatic rings. The van der Waals surface area contributed by atoms with Gasteiger partial charge in [0.05, 0.1) is 0 Å². The second-order valence-corrected chi connectivity index (χ2v) is 6.77. The highest BCUT2D eigenvalue weighted by Gasteiger charge is 2.22. The van der Waals surface area contributed by atoms with Gasteiger partial charge in [0.25, 0.3) is 6.43 Å². The summed E-state index contributed by atoms with van der Waals surface area (Å²) < 4.78 is 31.3. The third-order valence-electron chi connectivity index (χ3n) is 5.00. The average Bonchev–Trinajstić information content (AvgIpc) is 2.61. The molecule has 2 aromatic rings. The monoisotopic (exact) mass is 360 g/mol. The molecule has 0 bridgehead atoms. The van der Waals surface area contributed by atoms with Gasteiger partial charge in [-0.2, -0.15) is 0 Å². The van der Waals surface area contributed by atoms with Crippen molar-refractivity contribution in [1.29, 1.82) is 0 Å². The molecule has 138 valence electrons. The number of halogens is 2. The van der Waals surface area contributed by atoms with Gasteiger partial charge in [-0.3, -0.25) is 0 Å². The summed E-state index contributed by atoms with van der Waals surface area (Å²) in [7, 11) is 0. The summed E-state index contributed by atoms with van der Waals surface area (Å²) in [5.74, 6) is 2.41. The molecule has 0 saturated carbocycles. The SMILES string of the molecule is FC(F)c1ccnc(Nc2cc(C3CCOCC3)cc(N3CCC3)n2)c1. The van der Waals surface area contributed by atoms with Crippen LogP contribution < -0.4 is 10.2 Å². The van der Waals surface area contributed by atoms with Gasteiger partial charge in [-0.15, -0.1) is 0 Å². The maximum absolute atomic E-state index is 12.9. The molecule has 0 atom stereocenters. The molecule has 0 amide bonds. The second-order valence-electron chi connectivity index (χ2n) is 6.77. The van der Waals surface area contributed by atoms with Crippen molar-refractivity contribution < 1.29 is 13.5 Å². The number of rotatable bonds is 5. The molecule has 2 aromatic heterocycles. The zero-order chi connectivity index (χ0) is 17.9. The molecule has 0 spiro atoms. The summed E-state index contributed by atoms with van der Waals surface area (Å²) >= 11 is 0. The van der Waals surface area contributed by atoms with Gasteiger partial charge >= 0.3 is 0 Å². The number of nitrogens with one attached hydrogen (secondary N) is 1. The Hall–Kier alpha value is -2.28. The molecule has 0 aromatic carbocycles. The number of hydrogen-bond acceptors (Lipinski definition) is 5. The minimum absolute atomic E-state index is 0.0500. The van der Waals surface area contributed by atoms with Crippen LogP contribution in [0, 0.1) is 0 Å². The minimum Gasteiger partial charge on any atom is -0.381 e. The van der Waals surface area contributed by atoms with E-state index in [2.05, 4.69) is 26.3 Å². The fraction of sp³-hybridized carbons (Fsp3) is 0.474. The molecule has 0 unspecified atom stereocenters. The molecule has 2 fully saturated rings. The van der Waals surface area contributed by atoms with E-state index in [1.807, 2.05) is 6.07 Å². The van der Waals surface area contributed by atoms with Crippen molar-refractivity contribution in [3.8, 4) is 0 Å². The Balaban J connectivity index is 1.62. The van der Waals surface area contributed by atoms with Crippen LogP contribution in [0.5, 0.6) is 0 Å². The third kappa shape index (κ3) is 3.77. The first-order valence-electron chi connectivity index (χ1n) is 9.05. The van der Waals surface area contributed by atoms with E-state index >= 15 is 0 Å². The van der Waals surface area contributed by atoms with Crippen molar-refractivity contribution in [2.45, 2.75) is 31.6 Å². The van der Waals surface area contributed by atoms with Gasteiger partial charge in [0.2, 0.25) is 0 Å². The fourth-order valence-corrected chi connectivity index (χ4v) is 3.36. The van der Waals surface area contributed by atoms with Crippen molar-refractivity contribution in [2.24, 2.45) is 0 Å². The van der Waals surface area contributed by atoms with E-state index in [1.165, 1.54) is 30.3 Å². The molecule has 2 saturated heterocycles. The molecule has 0 aliphatic carbocycles. The summed E-state index contributed by atoms with van der Waals surface area (Å²) in [5.41, 5.74) is 1.17. The summed E-state index contributed by atoms with van der Waals surface area (Å²) in [6.07, 6.45) is 2.02. The first-order valence-corrected chi connectivity index (χ1v) is 9.05. The molecule has 26 heavy (non-hydrogen) atoms. The number of anilines is 3. The summed E-state index contributed by atoms with van der Waals surface area (Å²) in [6, 6.07) is 6.86. The Labute approximate surface area is 151 Å². The first kappa shape index (κ1) is 17.1. The van der Waals surface area contributed by atoms with Gasteiger partial charge < -0.3 is 15.0 Å². The smallest absolute Gasteiger partial charge is 0.264 e. The van der Waals surface area contributed by atoms with E-state index in [0.717, 1.165) is 45.0 Å². The average molecular weight is 360 g/mol. The van der Waals surface area contributed by atoms with Gasteiger partial charge in [0.15, 0.2) is 0 Å². The van der Waals surface area contributed by atoms with Crippen LogP contribution in [0.4, 0.5) is 26.2 Å². The Morgan fingerprint density at radius 1 is 1.12 bits per heavy atom. The van der Waals surface area contributed by atoms with Crippen molar-refractivity contribution in [3.05, 3.63) is 41.6 Å². The lowest BCUT2D eigenvalue weighted by molar-refractivity contribution is 0.0853. The van der Waals surface area contributed by atoms with Crippen molar-refractivity contribution in [2.75, 3.05) is 36.5 Å². The number of pyridine rings is 2. The maximum atomic E-state index is 12.9. The fourth-order valence-electron chi connectivity index (χ4n) is 3.36. The molecule has 1 N–H and O–H groups in total. The molecule has 2 aliphatic heterocycles.